The maximum Gasteiger partial charge on any atom is 0.227 e. The minimum absolute atomic E-state index is 0.0180. The van der Waals surface area contributed by atoms with Gasteiger partial charge < -0.3 is 5.32 Å². The largest absolute Gasteiger partial charge is 0.323 e. The molecule has 2 atom stereocenters. The Morgan fingerprint density at radius 3 is 2.52 bits per heavy atom. The minimum atomic E-state index is -0.735. The van der Waals surface area contributed by atoms with Crippen molar-refractivity contribution < 1.29 is 13.6 Å². The maximum absolute atomic E-state index is 14.3. The van der Waals surface area contributed by atoms with Crippen molar-refractivity contribution in [2.24, 2.45) is 17.8 Å². The van der Waals surface area contributed by atoms with Gasteiger partial charge in [0.1, 0.15) is 11.6 Å². The van der Waals surface area contributed by atoms with Crippen molar-refractivity contribution in [1.82, 2.24) is 0 Å². The molecule has 1 N–H and O–H groups in total. The molecule has 2 saturated carbocycles. The van der Waals surface area contributed by atoms with E-state index in [1.165, 1.54) is 18.9 Å². The Kier molecular flexibility index (Phi) is 3.40. The van der Waals surface area contributed by atoms with Crippen molar-refractivity contribution in [2.75, 3.05) is 5.32 Å². The van der Waals surface area contributed by atoms with Gasteiger partial charge in [0.25, 0.3) is 0 Å². The van der Waals surface area contributed by atoms with Gasteiger partial charge in [-0.15, -0.1) is 0 Å². The number of carbonyl (C=O) groups excluding carboxylic acids is 1. The van der Waals surface area contributed by atoms with Crippen LogP contribution in [0.15, 0.2) is 42.5 Å². The Morgan fingerprint density at radius 2 is 1.83 bits per heavy atom. The summed E-state index contributed by atoms with van der Waals surface area (Å²) in [5.74, 6) is -0.418. The predicted octanol–water partition coefficient (Wildman–Crippen LogP) is 4.62. The topological polar surface area (TPSA) is 29.1 Å². The second-order valence-electron chi connectivity index (χ2n) is 6.51. The number of benzene rings is 2. The van der Waals surface area contributed by atoms with Crippen LogP contribution in [0.2, 0.25) is 0 Å². The van der Waals surface area contributed by atoms with Crippen molar-refractivity contribution in [3.8, 4) is 11.1 Å². The Balaban J connectivity index is 1.63. The molecule has 0 radical (unpaired) electrons. The highest BCUT2D eigenvalue weighted by atomic mass is 19.1. The van der Waals surface area contributed by atoms with Crippen LogP contribution in [0.5, 0.6) is 0 Å². The fourth-order valence-corrected chi connectivity index (χ4v) is 3.32. The van der Waals surface area contributed by atoms with Crippen LogP contribution in [0.4, 0.5) is 14.5 Å². The zero-order valence-electron chi connectivity index (χ0n) is 12.6. The fourth-order valence-electron chi connectivity index (χ4n) is 3.32. The lowest BCUT2D eigenvalue weighted by Crippen LogP contribution is -2.17. The van der Waals surface area contributed by atoms with Gasteiger partial charge in [0, 0.05) is 17.5 Å². The highest BCUT2D eigenvalue weighted by Crippen LogP contribution is 2.54. The normalized spacial score (nSPS) is 22.7. The average Bonchev–Trinajstić information content (AvgIpc) is 3.41. The van der Waals surface area contributed by atoms with E-state index in [4.69, 9.17) is 0 Å². The van der Waals surface area contributed by atoms with E-state index >= 15 is 0 Å². The number of carbonyl (C=O) groups is 1. The van der Waals surface area contributed by atoms with Crippen molar-refractivity contribution in [3.05, 3.63) is 54.1 Å². The molecule has 2 aliphatic rings. The fraction of sp³-hybridized carbons (Fsp3) is 0.316. The Labute approximate surface area is 133 Å². The molecule has 4 rings (SSSR count). The smallest absolute Gasteiger partial charge is 0.227 e. The van der Waals surface area contributed by atoms with Crippen molar-refractivity contribution in [2.45, 2.75) is 19.3 Å². The summed E-state index contributed by atoms with van der Waals surface area (Å²) < 4.78 is 27.9. The first-order valence-corrected chi connectivity index (χ1v) is 7.99. The highest BCUT2D eigenvalue weighted by molar-refractivity contribution is 5.98. The van der Waals surface area contributed by atoms with Gasteiger partial charge in [0.15, 0.2) is 0 Å². The molecular formula is C19H17F2NO. The van der Waals surface area contributed by atoms with Crippen LogP contribution in [0.25, 0.3) is 11.1 Å². The van der Waals surface area contributed by atoms with Crippen LogP contribution in [0.3, 0.4) is 0 Å². The van der Waals surface area contributed by atoms with E-state index in [1.54, 1.807) is 24.3 Å². The lowest BCUT2D eigenvalue weighted by Gasteiger charge is -2.13. The summed E-state index contributed by atoms with van der Waals surface area (Å²) in [4.78, 5) is 12.4. The molecule has 2 fully saturated rings. The van der Waals surface area contributed by atoms with Gasteiger partial charge in [0.2, 0.25) is 5.91 Å². The molecule has 1 amide bonds. The molecule has 0 aliphatic heterocycles. The van der Waals surface area contributed by atoms with E-state index in [0.717, 1.165) is 12.5 Å². The van der Waals surface area contributed by atoms with Crippen LogP contribution < -0.4 is 5.32 Å². The Hall–Kier alpha value is -2.23. The molecule has 4 heteroatoms. The van der Waals surface area contributed by atoms with E-state index in [9.17, 15) is 13.6 Å². The molecular weight excluding hydrogens is 296 g/mol. The van der Waals surface area contributed by atoms with Crippen LogP contribution in [0, 0.1) is 29.4 Å². The molecule has 2 aromatic carbocycles. The van der Waals surface area contributed by atoms with Gasteiger partial charge in [0.05, 0.1) is 5.69 Å². The number of amides is 1. The third-order valence-electron chi connectivity index (χ3n) is 4.79. The molecule has 2 nitrogen and oxygen atoms in total. The average molecular weight is 313 g/mol. The second-order valence-corrected chi connectivity index (χ2v) is 6.51. The summed E-state index contributed by atoms with van der Waals surface area (Å²) in [6.07, 6.45) is 3.29. The van der Waals surface area contributed by atoms with Gasteiger partial charge in [-0.3, -0.25) is 4.79 Å². The molecule has 0 bridgehead atoms. The first-order chi connectivity index (χ1) is 11.1. The molecule has 2 aliphatic carbocycles. The number of rotatable bonds is 4. The number of nitrogens with one attached hydrogen (secondary N) is 1. The molecule has 0 heterocycles. The lowest BCUT2D eigenvalue weighted by atomic mass is 10.0. The third-order valence-corrected chi connectivity index (χ3v) is 4.79. The molecule has 118 valence electrons. The van der Waals surface area contributed by atoms with Crippen LogP contribution in [0.1, 0.15) is 19.3 Å². The quantitative estimate of drug-likeness (QED) is 0.877. The van der Waals surface area contributed by atoms with Gasteiger partial charge in [-0.05, 0) is 42.7 Å². The number of hydrogen-bond donors (Lipinski definition) is 1. The zero-order chi connectivity index (χ0) is 16.0. The molecule has 0 spiro atoms. The maximum atomic E-state index is 14.3. The standard InChI is InChI=1S/C19H17F2NO/c20-13-8-15(11-4-2-1-3-5-11)18(17(21)9-13)22-19(23)16-10-14(16)12-6-7-12/h1-5,8-9,12,14,16H,6-7,10H2,(H,22,23)/t14-,16-/m1/s1. The lowest BCUT2D eigenvalue weighted by molar-refractivity contribution is -0.117. The summed E-state index contributed by atoms with van der Waals surface area (Å²) in [6.45, 7) is 0. The molecule has 2 aromatic rings. The minimum Gasteiger partial charge on any atom is -0.323 e. The molecule has 0 aromatic heterocycles. The number of halogens is 2. The zero-order valence-corrected chi connectivity index (χ0v) is 12.6. The number of hydrogen-bond acceptors (Lipinski definition) is 1. The summed E-state index contributed by atoms with van der Waals surface area (Å²) in [7, 11) is 0. The van der Waals surface area contributed by atoms with Crippen LogP contribution >= 0.6 is 0 Å². The Morgan fingerprint density at radius 1 is 1.09 bits per heavy atom. The predicted molar refractivity (Wildman–Crippen MR) is 84.7 cm³/mol. The van der Waals surface area contributed by atoms with E-state index in [-0.39, 0.29) is 17.5 Å². The number of anilines is 1. The highest BCUT2D eigenvalue weighted by Gasteiger charge is 2.51. The van der Waals surface area contributed by atoms with Gasteiger partial charge in [-0.1, -0.05) is 30.3 Å². The van der Waals surface area contributed by atoms with Gasteiger partial charge in [-0.25, -0.2) is 8.78 Å². The summed E-state index contributed by atoms with van der Waals surface area (Å²) in [5, 5.41) is 2.70. The molecule has 0 saturated heterocycles. The first-order valence-electron chi connectivity index (χ1n) is 7.99. The summed E-state index contributed by atoms with van der Waals surface area (Å²) in [6, 6.07) is 11.1. The van der Waals surface area contributed by atoms with Crippen LogP contribution in [-0.4, -0.2) is 5.91 Å². The summed E-state index contributed by atoms with van der Waals surface area (Å²) in [5.41, 5.74) is 1.12. The van der Waals surface area contributed by atoms with E-state index in [0.29, 0.717) is 23.0 Å². The SMILES string of the molecule is O=C(Nc1c(F)cc(F)cc1-c1ccccc1)[C@@H]1C[C@@H]1C1CC1. The van der Waals surface area contributed by atoms with E-state index in [2.05, 4.69) is 5.32 Å². The molecule has 23 heavy (non-hydrogen) atoms. The molecule has 0 unspecified atom stereocenters. The van der Waals surface area contributed by atoms with Crippen molar-refractivity contribution in [3.63, 3.8) is 0 Å². The van der Waals surface area contributed by atoms with Gasteiger partial charge in [-0.2, -0.15) is 0 Å². The summed E-state index contributed by atoms with van der Waals surface area (Å²) >= 11 is 0. The van der Waals surface area contributed by atoms with E-state index in [1.807, 2.05) is 6.07 Å². The van der Waals surface area contributed by atoms with Gasteiger partial charge >= 0.3 is 0 Å². The first kappa shape index (κ1) is 14.4. The Bertz CT molecular complexity index is 755. The van der Waals surface area contributed by atoms with E-state index < -0.39 is 11.6 Å². The monoisotopic (exact) mass is 313 g/mol. The third kappa shape index (κ3) is 2.85. The van der Waals surface area contributed by atoms with Crippen molar-refractivity contribution >= 4 is 11.6 Å². The van der Waals surface area contributed by atoms with Crippen LogP contribution in [-0.2, 0) is 4.79 Å². The van der Waals surface area contributed by atoms with Crippen molar-refractivity contribution in [1.29, 1.82) is 0 Å². The second kappa shape index (κ2) is 5.44.